The molecule has 0 rings (SSSR count). The summed E-state index contributed by atoms with van der Waals surface area (Å²) in [6.45, 7) is 6.09. The predicted octanol–water partition coefficient (Wildman–Crippen LogP) is 0.727. The van der Waals surface area contributed by atoms with Gasteiger partial charge in [0.15, 0.2) is 0 Å². The van der Waals surface area contributed by atoms with Crippen LogP contribution in [-0.2, 0) is 19.1 Å². The lowest BCUT2D eigenvalue weighted by atomic mass is 9.99. The predicted molar refractivity (Wildman–Crippen MR) is 59.9 cm³/mol. The number of hydrogen-bond acceptors (Lipinski definition) is 4. The van der Waals surface area contributed by atoms with Crippen molar-refractivity contribution in [2.45, 2.75) is 33.2 Å². The lowest BCUT2D eigenvalue weighted by Gasteiger charge is -2.21. The minimum Gasteiger partial charge on any atom is -0.467 e. The Balaban J connectivity index is 4.31. The van der Waals surface area contributed by atoms with Crippen molar-refractivity contribution in [1.82, 2.24) is 5.32 Å². The van der Waals surface area contributed by atoms with Crippen LogP contribution in [0, 0.1) is 5.92 Å². The average molecular weight is 231 g/mol. The molecule has 1 N–H and O–H groups in total. The maximum atomic E-state index is 11.4. The first-order chi connectivity index (χ1) is 7.56. The summed E-state index contributed by atoms with van der Waals surface area (Å²) in [4.78, 5) is 22.9. The molecular weight excluding hydrogens is 210 g/mol. The molecule has 0 aliphatic carbocycles. The smallest absolute Gasteiger partial charge is 0.328 e. The Bertz CT molecular complexity index is 230. The molecule has 2 unspecified atom stereocenters. The monoisotopic (exact) mass is 231 g/mol. The Morgan fingerprint density at radius 2 is 1.94 bits per heavy atom. The second-order valence-electron chi connectivity index (χ2n) is 3.59. The molecule has 0 saturated carbocycles. The third-order valence-electron chi connectivity index (χ3n) is 2.42. The Hall–Kier alpha value is -1.10. The first-order valence-electron chi connectivity index (χ1n) is 5.51. The van der Waals surface area contributed by atoms with Crippen molar-refractivity contribution >= 4 is 11.9 Å². The number of carbonyl (C=O) groups is 2. The minimum absolute atomic E-state index is 0.0274. The fraction of sp³-hybridized carbons (Fsp3) is 0.818. The molecule has 0 spiro atoms. The molecule has 5 nitrogen and oxygen atoms in total. The molecule has 0 aromatic carbocycles. The summed E-state index contributed by atoms with van der Waals surface area (Å²) in [5, 5.41) is 2.61. The highest BCUT2D eigenvalue weighted by Crippen LogP contribution is 2.09. The number of rotatable bonds is 7. The van der Waals surface area contributed by atoms with Gasteiger partial charge in [0.2, 0.25) is 5.91 Å². The summed E-state index contributed by atoms with van der Waals surface area (Å²) in [6.07, 6.45) is 0.786. The first kappa shape index (κ1) is 14.9. The number of methoxy groups -OCH3 is 1. The average Bonchev–Trinajstić information content (AvgIpc) is 2.31. The summed E-state index contributed by atoms with van der Waals surface area (Å²) in [5.74, 6) is -0.672. The van der Waals surface area contributed by atoms with E-state index in [-0.39, 0.29) is 18.4 Å². The normalized spacial score (nSPS) is 14.0. The van der Waals surface area contributed by atoms with Crippen molar-refractivity contribution in [3.63, 3.8) is 0 Å². The Morgan fingerprint density at radius 1 is 1.31 bits per heavy atom. The van der Waals surface area contributed by atoms with Gasteiger partial charge in [-0.15, -0.1) is 0 Å². The van der Waals surface area contributed by atoms with Crippen LogP contribution in [0.1, 0.15) is 27.2 Å². The Morgan fingerprint density at radius 3 is 2.38 bits per heavy atom. The van der Waals surface area contributed by atoms with E-state index in [4.69, 9.17) is 4.74 Å². The SMILES string of the molecule is CCOCC(=O)NC(C(=O)OC)C(C)CC. The maximum absolute atomic E-state index is 11.4. The van der Waals surface area contributed by atoms with E-state index in [0.717, 1.165) is 6.42 Å². The van der Waals surface area contributed by atoms with E-state index in [1.807, 2.05) is 13.8 Å². The van der Waals surface area contributed by atoms with Crippen molar-refractivity contribution < 1.29 is 19.1 Å². The van der Waals surface area contributed by atoms with Crippen molar-refractivity contribution in [3.05, 3.63) is 0 Å². The van der Waals surface area contributed by atoms with Crippen LogP contribution in [0.2, 0.25) is 0 Å². The van der Waals surface area contributed by atoms with Gasteiger partial charge in [-0.25, -0.2) is 4.79 Å². The molecule has 16 heavy (non-hydrogen) atoms. The zero-order valence-corrected chi connectivity index (χ0v) is 10.4. The molecule has 0 heterocycles. The summed E-state index contributed by atoms with van der Waals surface area (Å²) >= 11 is 0. The van der Waals surface area contributed by atoms with Gasteiger partial charge in [0.05, 0.1) is 7.11 Å². The lowest BCUT2D eigenvalue weighted by Crippen LogP contribution is -2.46. The molecule has 0 aromatic heterocycles. The fourth-order valence-electron chi connectivity index (χ4n) is 1.21. The topological polar surface area (TPSA) is 64.6 Å². The van der Waals surface area contributed by atoms with E-state index in [0.29, 0.717) is 6.61 Å². The van der Waals surface area contributed by atoms with Crippen LogP contribution in [-0.4, -0.2) is 38.2 Å². The molecule has 0 aromatic rings. The molecule has 0 aliphatic rings. The number of carbonyl (C=O) groups excluding carboxylic acids is 2. The van der Waals surface area contributed by atoms with E-state index in [1.54, 1.807) is 6.92 Å². The van der Waals surface area contributed by atoms with Gasteiger partial charge >= 0.3 is 5.97 Å². The van der Waals surface area contributed by atoms with Crippen LogP contribution in [0.15, 0.2) is 0 Å². The molecule has 0 bridgehead atoms. The molecule has 0 saturated heterocycles. The number of amides is 1. The van der Waals surface area contributed by atoms with Crippen LogP contribution < -0.4 is 5.32 Å². The van der Waals surface area contributed by atoms with E-state index in [9.17, 15) is 9.59 Å². The molecular formula is C11H21NO4. The third-order valence-corrected chi connectivity index (χ3v) is 2.42. The van der Waals surface area contributed by atoms with Crippen LogP contribution in [0.25, 0.3) is 0 Å². The van der Waals surface area contributed by atoms with Crippen LogP contribution >= 0.6 is 0 Å². The molecule has 0 fully saturated rings. The van der Waals surface area contributed by atoms with Gasteiger partial charge in [0.1, 0.15) is 12.6 Å². The van der Waals surface area contributed by atoms with E-state index in [1.165, 1.54) is 7.11 Å². The number of hydrogen-bond donors (Lipinski definition) is 1. The van der Waals surface area contributed by atoms with E-state index < -0.39 is 12.0 Å². The van der Waals surface area contributed by atoms with Crippen molar-refractivity contribution in [1.29, 1.82) is 0 Å². The Labute approximate surface area is 96.5 Å². The van der Waals surface area contributed by atoms with Crippen molar-refractivity contribution in [2.24, 2.45) is 5.92 Å². The van der Waals surface area contributed by atoms with E-state index >= 15 is 0 Å². The van der Waals surface area contributed by atoms with Gasteiger partial charge in [0.25, 0.3) is 0 Å². The van der Waals surface area contributed by atoms with E-state index in [2.05, 4.69) is 10.1 Å². The van der Waals surface area contributed by atoms with Crippen LogP contribution in [0.5, 0.6) is 0 Å². The quantitative estimate of drug-likeness (QED) is 0.656. The summed E-state index contributed by atoms with van der Waals surface area (Å²) in [7, 11) is 1.31. The third kappa shape index (κ3) is 5.11. The zero-order chi connectivity index (χ0) is 12.6. The summed E-state index contributed by atoms with van der Waals surface area (Å²) in [6, 6.07) is -0.594. The summed E-state index contributed by atoms with van der Waals surface area (Å²) in [5.41, 5.74) is 0. The lowest BCUT2D eigenvalue weighted by molar-refractivity contribution is -0.147. The Kier molecular flexibility index (Phi) is 7.54. The van der Waals surface area contributed by atoms with Crippen LogP contribution in [0.3, 0.4) is 0 Å². The van der Waals surface area contributed by atoms with Gasteiger partial charge in [-0.2, -0.15) is 0 Å². The molecule has 1 amide bonds. The molecule has 0 aliphatic heterocycles. The first-order valence-corrected chi connectivity index (χ1v) is 5.51. The van der Waals surface area contributed by atoms with Gasteiger partial charge < -0.3 is 14.8 Å². The highest BCUT2D eigenvalue weighted by molar-refractivity contribution is 5.85. The van der Waals surface area contributed by atoms with Gasteiger partial charge in [0, 0.05) is 6.61 Å². The second kappa shape index (κ2) is 8.10. The van der Waals surface area contributed by atoms with Gasteiger partial charge in [-0.3, -0.25) is 4.79 Å². The molecule has 5 heteroatoms. The van der Waals surface area contributed by atoms with Crippen molar-refractivity contribution in [2.75, 3.05) is 20.3 Å². The highest BCUT2D eigenvalue weighted by Gasteiger charge is 2.26. The maximum Gasteiger partial charge on any atom is 0.328 e. The number of esters is 1. The molecule has 2 atom stereocenters. The zero-order valence-electron chi connectivity index (χ0n) is 10.4. The van der Waals surface area contributed by atoms with Gasteiger partial charge in [-0.05, 0) is 12.8 Å². The molecule has 0 radical (unpaired) electrons. The largest absolute Gasteiger partial charge is 0.467 e. The van der Waals surface area contributed by atoms with Gasteiger partial charge in [-0.1, -0.05) is 20.3 Å². The van der Waals surface area contributed by atoms with Crippen molar-refractivity contribution in [3.8, 4) is 0 Å². The number of ether oxygens (including phenoxy) is 2. The molecule has 94 valence electrons. The number of nitrogens with one attached hydrogen (secondary N) is 1. The highest BCUT2D eigenvalue weighted by atomic mass is 16.5. The second-order valence-corrected chi connectivity index (χ2v) is 3.59. The summed E-state index contributed by atoms with van der Waals surface area (Å²) < 4.78 is 9.60. The fourth-order valence-corrected chi connectivity index (χ4v) is 1.21. The minimum atomic E-state index is -0.594. The van der Waals surface area contributed by atoms with Crippen LogP contribution in [0.4, 0.5) is 0 Å². The standard InChI is InChI=1S/C11H21NO4/c1-5-8(3)10(11(14)15-4)12-9(13)7-16-6-2/h8,10H,5-7H2,1-4H3,(H,12,13).